The second-order valence-corrected chi connectivity index (χ2v) is 5.71. The van der Waals surface area contributed by atoms with Gasteiger partial charge in [-0.15, -0.1) is 0 Å². The number of halogens is 1. The van der Waals surface area contributed by atoms with E-state index in [4.69, 9.17) is 4.74 Å². The van der Waals surface area contributed by atoms with Crippen LogP contribution in [0.3, 0.4) is 0 Å². The van der Waals surface area contributed by atoms with E-state index in [1.54, 1.807) is 6.92 Å². The molecule has 0 aromatic heterocycles. The van der Waals surface area contributed by atoms with E-state index in [1.165, 1.54) is 7.11 Å². The van der Waals surface area contributed by atoms with Gasteiger partial charge in [-0.3, -0.25) is 10.1 Å². The van der Waals surface area contributed by atoms with Gasteiger partial charge in [0.05, 0.1) is 11.5 Å². The third-order valence-corrected chi connectivity index (χ3v) is 4.16. The molecular weight excluding hydrogens is 291 g/mol. The van der Waals surface area contributed by atoms with E-state index in [9.17, 15) is 22.9 Å². The van der Waals surface area contributed by atoms with Gasteiger partial charge in [0.15, 0.2) is 4.90 Å². The first-order valence-corrected chi connectivity index (χ1v) is 7.26. The van der Waals surface area contributed by atoms with Crippen molar-refractivity contribution in [1.82, 2.24) is 4.72 Å². The summed E-state index contributed by atoms with van der Waals surface area (Å²) in [6.45, 7) is 1.84. The zero-order valence-corrected chi connectivity index (χ0v) is 11.8. The van der Waals surface area contributed by atoms with E-state index < -0.39 is 37.4 Å². The van der Waals surface area contributed by atoms with Crippen LogP contribution in [0.4, 0.5) is 10.1 Å². The molecule has 0 heterocycles. The van der Waals surface area contributed by atoms with Crippen molar-refractivity contribution in [2.75, 3.05) is 13.7 Å². The second kappa shape index (κ2) is 6.73. The summed E-state index contributed by atoms with van der Waals surface area (Å²) < 4.78 is 44.8. The minimum atomic E-state index is -4.20. The zero-order valence-electron chi connectivity index (χ0n) is 11.0. The van der Waals surface area contributed by atoms with Gasteiger partial charge in [-0.25, -0.2) is 13.1 Å². The van der Waals surface area contributed by atoms with Gasteiger partial charge in [-0.05, 0) is 18.6 Å². The Balaban J connectivity index is 3.22. The number of nitro groups is 1. The lowest BCUT2D eigenvalue weighted by molar-refractivity contribution is -0.390. The molecule has 0 saturated carbocycles. The molecule has 0 aliphatic carbocycles. The van der Waals surface area contributed by atoms with Crippen molar-refractivity contribution in [2.45, 2.75) is 24.3 Å². The van der Waals surface area contributed by atoms with Crippen molar-refractivity contribution >= 4 is 15.7 Å². The van der Waals surface area contributed by atoms with Crippen LogP contribution in [-0.2, 0) is 14.8 Å². The average molecular weight is 306 g/mol. The molecule has 0 aliphatic rings. The van der Waals surface area contributed by atoms with Crippen LogP contribution in [0.2, 0.25) is 0 Å². The summed E-state index contributed by atoms with van der Waals surface area (Å²) in [7, 11) is -2.80. The van der Waals surface area contributed by atoms with Gasteiger partial charge in [0.2, 0.25) is 15.8 Å². The Hall–Kier alpha value is -1.58. The zero-order chi connectivity index (χ0) is 15.3. The Morgan fingerprint density at radius 3 is 2.65 bits per heavy atom. The van der Waals surface area contributed by atoms with E-state index in [2.05, 4.69) is 4.72 Å². The maximum atomic E-state index is 13.4. The van der Waals surface area contributed by atoms with Gasteiger partial charge in [-0.1, -0.05) is 13.0 Å². The number of nitrogens with one attached hydrogen (secondary N) is 1. The second-order valence-electron chi connectivity index (χ2n) is 4.03. The van der Waals surface area contributed by atoms with Gasteiger partial charge in [0.25, 0.3) is 0 Å². The largest absolute Gasteiger partial charge is 0.383 e. The quantitative estimate of drug-likeness (QED) is 0.607. The SMILES string of the molecule is CCC(COC)NS(=O)(=O)c1cccc(F)c1[N+](=O)[O-]. The Morgan fingerprint density at radius 2 is 2.15 bits per heavy atom. The number of hydrogen-bond donors (Lipinski definition) is 1. The number of rotatable bonds is 7. The summed E-state index contributed by atoms with van der Waals surface area (Å²) in [6.07, 6.45) is 0.427. The van der Waals surface area contributed by atoms with Crippen molar-refractivity contribution in [2.24, 2.45) is 0 Å². The molecule has 1 unspecified atom stereocenters. The predicted octanol–water partition coefficient (Wildman–Crippen LogP) is 1.44. The van der Waals surface area contributed by atoms with Gasteiger partial charge >= 0.3 is 5.69 Å². The lowest BCUT2D eigenvalue weighted by Crippen LogP contribution is -2.37. The minimum Gasteiger partial charge on any atom is -0.383 e. The van der Waals surface area contributed by atoms with Crippen molar-refractivity contribution < 1.29 is 22.5 Å². The molecule has 0 saturated heterocycles. The first kappa shape index (κ1) is 16.5. The number of nitro benzene ring substituents is 1. The average Bonchev–Trinajstić information content (AvgIpc) is 2.37. The summed E-state index contributed by atoms with van der Waals surface area (Å²) >= 11 is 0. The maximum absolute atomic E-state index is 13.4. The fourth-order valence-corrected chi connectivity index (χ4v) is 3.09. The van der Waals surface area contributed by atoms with E-state index >= 15 is 0 Å². The molecule has 112 valence electrons. The van der Waals surface area contributed by atoms with Crippen LogP contribution in [0.1, 0.15) is 13.3 Å². The van der Waals surface area contributed by atoms with E-state index in [-0.39, 0.29) is 6.61 Å². The fraction of sp³-hybridized carbons (Fsp3) is 0.455. The van der Waals surface area contributed by atoms with Crippen LogP contribution in [0, 0.1) is 15.9 Å². The maximum Gasteiger partial charge on any atom is 0.324 e. The van der Waals surface area contributed by atoms with Crippen LogP contribution >= 0.6 is 0 Å². The summed E-state index contributed by atoms with van der Waals surface area (Å²) in [4.78, 5) is 9.07. The molecule has 20 heavy (non-hydrogen) atoms. The third kappa shape index (κ3) is 3.71. The Labute approximate surface area is 115 Å². The van der Waals surface area contributed by atoms with Gasteiger partial charge in [-0.2, -0.15) is 4.39 Å². The lowest BCUT2D eigenvalue weighted by atomic mass is 10.3. The van der Waals surface area contributed by atoms with Crippen molar-refractivity contribution in [3.8, 4) is 0 Å². The highest BCUT2D eigenvalue weighted by molar-refractivity contribution is 7.89. The summed E-state index contributed by atoms with van der Waals surface area (Å²) in [5.74, 6) is -1.20. The minimum absolute atomic E-state index is 0.110. The fourth-order valence-electron chi connectivity index (χ4n) is 1.61. The smallest absolute Gasteiger partial charge is 0.324 e. The van der Waals surface area contributed by atoms with Crippen LogP contribution in [0.25, 0.3) is 0 Å². The number of hydrogen-bond acceptors (Lipinski definition) is 5. The molecule has 0 spiro atoms. The van der Waals surface area contributed by atoms with Gasteiger partial charge < -0.3 is 4.74 Å². The highest BCUT2D eigenvalue weighted by Gasteiger charge is 2.30. The van der Waals surface area contributed by atoms with Gasteiger partial charge in [0, 0.05) is 13.2 Å². The van der Waals surface area contributed by atoms with Crippen LogP contribution in [-0.4, -0.2) is 33.1 Å². The molecule has 7 nitrogen and oxygen atoms in total. The van der Waals surface area contributed by atoms with Crippen molar-refractivity contribution in [3.63, 3.8) is 0 Å². The van der Waals surface area contributed by atoms with E-state index in [0.29, 0.717) is 6.42 Å². The van der Waals surface area contributed by atoms with Crippen LogP contribution in [0.5, 0.6) is 0 Å². The highest BCUT2D eigenvalue weighted by atomic mass is 32.2. The third-order valence-electron chi connectivity index (χ3n) is 2.60. The van der Waals surface area contributed by atoms with E-state index in [1.807, 2.05) is 0 Å². The number of methoxy groups -OCH3 is 1. The monoisotopic (exact) mass is 306 g/mol. The summed E-state index contributed by atoms with van der Waals surface area (Å²) in [5.41, 5.74) is -1.06. The first-order valence-electron chi connectivity index (χ1n) is 5.77. The molecule has 1 aromatic carbocycles. The number of sulfonamides is 1. The molecule has 1 atom stereocenters. The molecule has 0 radical (unpaired) electrons. The number of benzene rings is 1. The molecule has 1 N–H and O–H groups in total. The summed E-state index contributed by atoms with van der Waals surface area (Å²) in [6, 6.07) is 2.38. The lowest BCUT2D eigenvalue weighted by Gasteiger charge is -2.16. The molecule has 0 aliphatic heterocycles. The molecule has 0 bridgehead atoms. The summed E-state index contributed by atoms with van der Waals surface area (Å²) in [5, 5.41) is 10.8. The number of para-hydroxylation sites is 1. The Morgan fingerprint density at radius 1 is 1.50 bits per heavy atom. The molecule has 0 fully saturated rings. The van der Waals surface area contributed by atoms with Crippen LogP contribution in [0.15, 0.2) is 23.1 Å². The standard InChI is InChI=1S/C11H15FN2O5S/c1-3-8(7-19-2)13-20(17,18)10-6-4-5-9(12)11(10)14(15)16/h4-6,8,13H,3,7H2,1-2H3. The molecule has 9 heteroatoms. The predicted molar refractivity (Wildman–Crippen MR) is 69.3 cm³/mol. The topological polar surface area (TPSA) is 98.5 Å². The molecule has 1 aromatic rings. The Kier molecular flexibility index (Phi) is 5.54. The molecule has 0 amide bonds. The van der Waals surface area contributed by atoms with Crippen molar-refractivity contribution in [1.29, 1.82) is 0 Å². The highest BCUT2D eigenvalue weighted by Crippen LogP contribution is 2.26. The van der Waals surface area contributed by atoms with Crippen molar-refractivity contribution in [3.05, 3.63) is 34.1 Å². The number of nitrogens with zero attached hydrogens (tertiary/aromatic N) is 1. The number of ether oxygens (including phenoxy) is 1. The van der Waals surface area contributed by atoms with Crippen LogP contribution < -0.4 is 4.72 Å². The Bertz CT molecular complexity index is 590. The van der Waals surface area contributed by atoms with E-state index in [0.717, 1.165) is 18.2 Å². The molecule has 1 rings (SSSR count). The normalized spacial score (nSPS) is 13.2. The van der Waals surface area contributed by atoms with Gasteiger partial charge in [0.1, 0.15) is 0 Å². The molecular formula is C11H15FN2O5S. The first-order chi connectivity index (χ1) is 9.33.